The monoisotopic (exact) mass is 360 g/mol. The fourth-order valence-electron chi connectivity index (χ4n) is 2.91. The van der Waals surface area contributed by atoms with Crippen LogP contribution in [0, 0.1) is 0 Å². The molecule has 0 atom stereocenters. The fourth-order valence-corrected chi connectivity index (χ4v) is 3.69. The van der Waals surface area contributed by atoms with E-state index in [-0.39, 0.29) is 10.8 Å². The fraction of sp³-hybridized carbons (Fsp3) is 0.278. The van der Waals surface area contributed by atoms with Crippen LogP contribution >= 0.6 is 0 Å². The highest BCUT2D eigenvalue weighted by atomic mass is 32.2. The van der Waals surface area contributed by atoms with Crippen LogP contribution in [0.2, 0.25) is 0 Å². The second-order valence-corrected chi connectivity index (χ2v) is 7.73. The minimum Gasteiger partial charge on any atom is -0.497 e. The number of hydrogen-bond acceptors (Lipinski definition) is 4. The molecule has 1 aliphatic heterocycles. The van der Waals surface area contributed by atoms with Crippen molar-refractivity contribution in [2.45, 2.75) is 17.9 Å². The third-order valence-electron chi connectivity index (χ3n) is 4.39. The van der Waals surface area contributed by atoms with Crippen molar-refractivity contribution in [2.75, 3.05) is 20.7 Å². The molecular weight excluding hydrogens is 340 g/mol. The Balaban J connectivity index is 1.84. The van der Waals surface area contributed by atoms with Crippen LogP contribution in [0.15, 0.2) is 47.4 Å². The summed E-state index contributed by atoms with van der Waals surface area (Å²) in [6.45, 7) is 1.00. The quantitative estimate of drug-likeness (QED) is 0.902. The maximum Gasteiger partial charge on any atom is 0.254 e. The van der Waals surface area contributed by atoms with E-state index in [9.17, 15) is 13.2 Å². The van der Waals surface area contributed by atoms with E-state index in [1.807, 2.05) is 6.07 Å². The number of ether oxygens (including phenoxy) is 1. The average molecular weight is 360 g/mol. The van der Waals surface area contributed by atoms with Crippen LogP contribution in [-0.2, 0) is 23.0 Å². The van der Waals surface area contributed by atoms with Gasteiger partial charge in [-0.2, -0.15) is 0 Å². The van der Waals surface area contributed by atoms with Gasteiger partial charge in [0.15, 0.2) is 0 Å². The zero-order valence-corrected chi connectivity index (χ0v) is 15.0. The molecule has 6 nitrogen and oxygen atoms in total. The van der Waals surface area contributed by atoms with Gasteiger partial charge in [0.2, 0.25) is 10.0 Å². The van der Waals surface area contributed by atoms with Crippen LogP contribution in [0.5, 0.6) is 5.75 Å². The van der Waals surface area contributed by atoms with Gasteiger partial charge in [-0.1, -0.05) is 6.07 Å². The number of sulfonamides is 1. The standard InChI is InChI=1S/C18H20N2O4S/c1-19-25(22,23)17-8-5-13-9-10-20(12-15(13)11-17)18(21)14-3-6-16(24-2)7-4-14/h3-8,11,19H,9-10,12H2,1-2H3. The summed E-state index contributed by atoms with van der Waals surface area (Å²) in [4.78, 5) is 14.7. The van der Waals surface area contributed by atoms with Crippen LogP contribution < -0.4 is 9.46 Å². The first-order chi connectivity index (χ1) is 11.9. The summed E-state index contributed by atoms with van der Waals surface area (Å²) in [5, 5.41) is 0. The summed E-state index contributed by atoms with van der Waals surface area (Å²) in [6, 6.07) is 12.1. The molecule has 0 unspecified atom stereocenters. The number of benzene rings is 2. The highest BCUT2D eigenvalue weighted by Crippen LogP contribution is 2.24. The lowest BCUT2D eigenvalue weighted by Gasteiger charge is -2.29. The van der Waals surface area contributed by atoms with Gasteiger partial charge in [-0.05, 0) is 61.0 Å². The Morgan fingerprint density at radius 3 is 2.48 bits per heavy atom. The van der Waals surface area contributed by atoms with Crippen LogP contribution in [0.3, 0.4) is 0 Å². The van der Waals surface area contributed by atoms with E-state index in [1.165, 1.54) is 7.05 Å². The Labute approximate surface area is 147 Å². The molecule has 0 aliphatic carbocycles. The van der Waals surface area contributed by atoms with E-state index in [4.69, 9.17) is 4.74 Å². The van der Waals surface area contributed by atoms with Gasteiger partial charge in [0, 0.05) is 18.7 Å². The van der Waals surface area contributed by atoms with Gasteiger partial charge in [0.25, 0.3) is 5.91 Å². The van der Waals surface area contributed by atoms with Gasteiger partial charge in [0.05, 0.1) is 12.0 Å². The number of rotatable bonds is 4. The summed E-state index contributed by atoms with van der Waals surface area (Å²) in [6.07, 6.45) is 0.705. The molecule has 0 saturated heterocycles. The van der Waals surface area contributed by atoms with Crippen LogP contribution in [0.25, 0.3) is 0 Å². The van der Waals surface area contributed by atoms with Crippen LogP contribution in [0.4, 0.5) is 0 Å². The predicted octanol–water partition coefficient (Wildman–Crippen LogP) is 1.80. The molecule has 2 aromatic carbocycles. The first-order valence-electron chi connectivity index (χ1n) is 7.93. The molecule has 0 spiro atoms. The second kappa shape index (κ2) is 6.85. The number of methoxy groups -OCH3 is 1. The van der Waals surface area contributed by atoms with E-state index in [0.29, 0.717) is 30.8 Å². The molecule has 1 aliphatic rings. The van der Waals surface area contributed by atoms with Gasteiger partial charge in [-0.3, -0.25) is 4.79 Å². The summed E-state index contributed by atoms with van der Waals surface area (Å²) < 4.78 is 31.4. The lowest BCUT2D eigenvalue weighted by Crippen LogP contribution is -2.36. The minimum atomic E-state index is -3.50. The molecule has 0 radical (unpaired) electrons. The second-order valence-electron chi connectivity index (χ2n) is 5.84. The molecule has 1 heterocycles. The molecule has 2 aromatic rings. The maximum atomic E-state index is 12.7. The van der Waals surface area contributed by atoms with E-state index >= 15 is 0 Å². The molecule has 25 heavy (non-hydrogen) atoms. The number of fused-ring (bicyclic) bond motifs is 1. The molecule has 0 saturated carbocycles. The van der Waals surface area contributed by atoms with Crippen LogP contribution in [0.1, 0.15) is 21.5 Å². The Morgan fingerprint density at radius 2 is 1.84 bits per heavy atom. The smallest absolute Gasteiger partial charge is 0.254 e. The Bertz CT molecular complexity index is 892. The summed E-state index contributed by atoms with van der Waals surface area (Å²) in [7, 11) is -0.535. The first-order valence-corrected chi connectivity index (χ1v) is 9.41. The number of nitrogens with zero attached hydrogens (tertiary/aromatic N) is 1. The SMILES string of the molecule is CNS(=O)(=O)c1ccc2c(c1)CN(C(=O)c1ccc(OC)cc1)CC2. The van der Waals surface area contributed by atoms with Crippen LogP contribution in [-0.4, -0.2) is 39.9 Å². The minimum absolute atomic E-state index is 0.0739. The zero-order chi connectivity index (χ0) is 18.0. The van der Waals surface area contributed by atoms with Gasteiger partial charge in [0.1, 0.15) is 5.75 Å². The van der Waals surface area contributed by atoms with Crippen molar-refractivity contribution in [3.63, 3.8) is 0 Å². The molecule has 1 amide bonds. The number of hydrogen-bond donors (Lipinski definition) is 1. The molecule has 0 fully saturated rings. The normalized spacial score (nSPS) is 14.1. The zero-order valence-electron chi connectivity index (χ0n) is 14.2. The summed E-state index contributed by atoms with van der Waals surface area (Å²) in [5.74, 6) is 0.623. The van der Waals surface area contributed by atoms with Crippen molar-refractivity contribution < 1.29 is 17.9 Å². The molecule has 0 aromatic heterocycles. The van der Waals surface area contributed by atoms with Crippen molar-refractivity contribution in [2.24, 2.45) is 0 Å². The number of carbonyl (C=O) groups is 1. The highest BCUT2D eigenvalue weighted by molar-refractivity contribution is 7.89. The number of amides is 1. The summed E-state index contributed by atoms with van der Waals surface area (Å²) >= 11 is 0. The molecule has 1 N–H and O–H groups in total. The Kier molecular flexibility index (Phi) is 4.78. The van der Waals surface area contributed by atoms with E-state index in [0.717, 1.165) is 11.1 Å². The van der Waals surface area contributed by atoms with Crippen molar-refractivity contribution in [1.82, 2.24) is 9.62 Å². The van der Waals surface area contributed by atoms with Gasteiger partial charge >= 0.3 is 0 Å². The lowest BCUT2D eigenvalue weighted by molar-refractivity contribution is 0.0734. The Morgan fingerprint density at radius 1 is 1.12 bits per heavy atom. The molecule has 7 heteroatoms. The molecular formula is C18H20N2O4S. The number of nitrogens with one attached hydrogen (secondary N) is 1. The first kappa shape index (κ1) is 17.4. The van der Waals surface area contributed by atoms with Crippen molar-refractivity contribution in [3.8, 4) is 5.75 Å². The molecule has 3 rings (SSSR count). The molecule has 132 valence electrons. The van der Waals surface area contributed by atoms with Gasteiger partial charge < -0.3 is 9.64 Å². The van der Waals surface area contributed by atoms with Crippen molar-refractivity contribution in [3.05, 3.63) is 59.2 Å². The van der Waals surface area contributed by atoms with Gasteiger partial charge in [-0.25, -0.2) is 13.1 Å². The number of carbonyl (C=O) groups excluding carboxylic acids is 1. The third kappa shape index (κ3) is 3.52. The average Bonchev–Trinajstić information content (AvgIpc) is 2.66. The molecule has 0 bridgehead atoms. The third-order valence-corrected chi connectivity index (χ3v) is 5.81. The lowest BCUT2D eigenvalue weighted by atomic mass is 9.99. The van der Waals surface area contributed by atoms with Crippen molar-refractivity contribution in [1.29, 1.82) is 0 Å². The maximum absolute atomic E-state index is 12.7. The Hall–Kier alpha value is -2.38. The summed E-state index contributed by atoms with van der Waals surface area (Å²) in [5.41, 5.74) is 2.53. The van der Waals surface area contributed by atoms with Gasteiger partial charge in [-0.15, -0.1) is 0 Å². The largest absolute Gasteiger partial charge is 0.497 e. The van der Waals surface area contributed by atoms with Crippen molar-refractivity contribution >= 4 is 15.9 Å². The topological polar surface area (TPSA) is 75.7 Å². The van der Waals surface area contributed by atoms with E-state index in [1.54, 1.807) is 48.4 Å². The van der Waals surface area contributed by atoms with E-state index in [2.05, 4.69) is 4.72 Å². The predicted molar refractivity (Wildman–Crippen MR) is 94.1 cm³/mol. The van der Waals surface area contributed by atoms with E-state index < -0.39 is 10.0 Å². The highest BCUT2D eigenvalue weighted by Gasteiger charge is 2.23.